The summed E-state index contributed by atoms with van der Waals surface area (Å²) in [5.41, 5.74) is 2.46. The first-order valence-corrected chi connectivity index (χ1v) is 11.7. The minimum Gasteiger partial charge on any atom is -0.338 e. The van der Waals surface area contributed by atoms with Gasteiger partial charge >= 0.3 is 6.18 Å². The van der Waals surface area contributed by atoms with Gasteiger partial charge in [-0.25, -0.2) is 4.98 Å². The Balaban J connectivity index is 1.21. The number of alkyl halides is 3. The maximum absolute atomic E-state index is 13.0. The number of carbonyl (C=O) groups is 2. The van der Waals surface area contributed by atoms with Gasteiger partial charge in [-0.15, -0.1) is 0 Å². The Morgan fingerprint density at radius 2 is 1.91 bits per heavy atom. The van der Waals surface area contributed by atoms with Crippen molar-refractivity contribution in [2.75, 3.05) is 11.9 Å². The number of aryl methyl sites for hydroxylation is 1. The monoisotopic (exact) mass is 482 g/mol. The fourth-order valence-corrected chi connectivity index (χ4v) is 4.78. The first-order valence-electron chi connectivity index (χ1n) is 11.7. The lowest BCUT2D eigenvalue weighted by molar-refractivity contribution is -0.137. The number of rotatable bonds is 5. The number of aromatic nitrogens is 2. The summed E-state index contributed by atoms with van der Waals surface area (Å²) < 4.78 is 41.2. The zero-order valence-corrected chi connectivity index (χ0v) is 19.0. The molecule has 1 N–H and O–H groups in total. The second-order valence-corrected chi connectivity index (χ2v) is 9.12. The Labute approximate surface area is 200 Å². The lowest BCUT2D eigenvalue weighted by Gasteiger charge is -2.18. The van der Waals surface area contributed by atoms with Gasteiger partial charge in [-0.1, -0.05) is 12.1 Å². The third kappa shape index (κ3) is 4.94. The summed E-state index contributed by atoms with van der Waals surface area (Å²) in [6.07, 6.45) is 0.855. The third-order valence-corrected chi connectivity index (χ3v) is 6.63. The Bertz CT molecular complexity index is 1250. The molecule has 1 aromatic heterocycles. The Hall–Kier alpha value is -3.62. The van der Waals surface area contributed by atoms with Crippen molar-refractivity contribution in [3.8, 4) is 11.4 Å². The molecule has 1 fully saturated rings. The number of likely N-dealkylation sites (tertiary alicyclic amines) is 1. The zero-order valence-electron chi connectivity index (χ0n) is 19.0. The number of imidazole rings is 1. The average molecular weight is 483 g/mol. The highest BCUT2D eigenvalue weighted by atomic mass is 19.4. The molecule has 2 aromatic carbocycles. The SMILES string of the molecule is O=C(Nc1ccc(-c2ncc3n2CCCC3)cc1)C1CC(=O)N(Cc2cccc(C(F)(F)F)c2)C1. The van der Waals surface area contributed by atoms with Crippen LogP contribution in [-0.4, -0.2) is 32.8 Å². The molecule has 1 saturated heterocycles. The van der Waals surface area contributed by atoms with E-state index in [1.807, 2.05) is 30.5 Å². The fraction of sp³-hybridized carbons (Fsp3) is 0.346. The van der Waals surface area contributed by atoms with Gasteiger partial charge in [-0.05, 0) is 61.2 Å². The number of hydrogen-bond donors (Lipinski definition) is 1. The molecule has 1 atom stereocenters. The minimum absolute atomic E-state index is 0.0308. The predicted octanol–water partition coefficient (Wildman–Crippen LogP) is 4.89. The van der Waals surface area contributed by atoms with Crippen LogP contribution < -0.4 is 5.32 Å². The van der Waals surface area contributed by atoms with Crippen LogP contribution in [-0.2, 0) is 35.3 Å². The molecule has 182 valence electrons. The highest BCUT2D eigenvalue weighted by Gasteiger charge is 2.35. The van der Waals surface area contributed by atoms with Gasteiger partial charge in [0.2, 0.25) is 11.8 Å². The summed E-state index contributed by atoms with van der Waals surface area (Å²) in [7, 11) is 0. The predicted molar refractivity (Wildman–Crippen MR) is 124 cm³/mol. The molecule has 0 radical (unpaired) electrons. The summed E-state index contributed by atoms with van der Waals surface area (Å²) in [6.45, 7) is 1.16. The Morgan fingerprint density at radius 3 is 2.69 bits per heavy atom. The summed E-state index contributed by atoms with van der Waals surface area (Å²) >= 11 is 0. The second kappa shape index (κ2) is 9.20. The molecule has 2 aliphatic rings. The molecule has 0 bridgehead atoms. The highest BCUT2D eigenvalue weighted by molar-refractivity contribution is 5.97. The molecule has 2 aliphatic heterocycles. The number of nitrogens with one attached hydrogen (secondary N) is 1. The molecule has 0 spiro atoms. The quantitative estimate of drug-likeness (QED) is 0.563. The van der Waals surface area contributed by atoms with Gasteiger partial charge in [0, 0.05) is 49.2 Å². The van der Waals surface area contributed by atoms with Crippen molar-refractivity contribution in [2.24, 2.45) is 5.92 Å². The van der Waals surface area contributed by atoms with Gasteiger partial charge in [-0.3, -0.25) is 9.59 Å². The molecule has 5 rings (SSSR count). The van der Waals surface area contributed by atoms with Crippen LogP contribution in [0.2, 0.25) is 0 Å². The van der Waals surface area contributed by atoms with E-state index in [1.165, 1.54) is 23.1 Å². The van der Waals surface area contributed by atoms with Crippen LogP contribution in [0.5, 0.6) is 0 Å². The Kier molecular flexibility index (Phi) is 6.08. The van der Waals surface area contributed by atoms with Crippen LogP contribution in [0.4, 0.5) is 18.9 Å². The summed E-state index contributed by atoms with van der Waals surface area (Å²) in [5.74, 6) is -0.172. The molecule has 0 saturated carbocycles. The Morgan fingerprint density at radius 1 is 1.11 bits per heavy atom. The van der Waals surface area contributed by atoms with Gasteiger partial charge in [0.15, 0.2) is 0 Å². The standard InChI is InChI=1S/C26H25F3N4O2/c27-26(28,29)20-5-3-4-17(12-20)15-32-16-19(13-23(32)34)25(35)31-21-9-7-18(8-10-21)24-30-14-22-6-1-2-11-33(22)24/h3-5,7-10,12,14,19H,1-2,6,11,13,15-16H2,(H,31,35). The fourth-order valence-electron chi connectivity index (χ4n) is 4.78. The number of nitrogens with zero attached hydrogens (tertiary/aromatic N) is 3. The largest absolute Gasteiger partial charge is 0.416 e. The third-order valence-electron chi connectivity index (χ3n) is 6.63. The summed E-state index contributed by atoms with van der Waals surface area (Å²) in [6, 6.07) is 12.4. The molecule has 2 amide bonds. The zero-order chi connectivity index (χ0) is 24.6. The molecule has 9 heteroatoms. The van der Waals surface area contributed by atoms with E-state index in [2.05, 4.69) is 14.9 Å². The molecule has 1 unspecified atom stereocenters. The molecule has 6 nitrogen and oxygen atoms in total. The number of anilines is 1. The minimum atomic E-state index is -4.44. The van der Waals surface area contributed by atoms with E-state index in [9.17, 15) is 22.8 Å². The smallest absolute Gasteiger partial charge is 0.338 e. The maximum atomic E-state index is 13.0. The molecular formula is C26H25F3N4O2. The van der Waals surface area contributed by atoms with E-state index in [1.54, 1.807) is 6.07 Å². The van der Waals surface area contributed by atoms with Crippen molar-refractivity contribution >= 4 is 17.5 Å². The van der Waals surface area contributed by atoms with Crippen molar-refractivity contribution in [1.82, 2.24) is 14.5 Å². The van der Waals surface area contributed by atoms with Gasteiger partial charge in [0.05, 0.1) is 11.5 Å². The highest BCUT2D eigenvalue weighted by Crippen LogP contribution is 2.31. The van der Waals surface area contributed by atoms with Crippen LogP contribution in [0.15, 0.2) is 54.7 Å². The van der Waals surface area contributed by atoms with Crippen molar-refractivity contribution in [3.05, 3.63) is 71.5 Å². The lowest BCUT2D eigenvalue weighted by Crippen LogP contribution is -2.28. The lowest BCUT2D eigenvalue weighted by atomic mass is 10.1. The van der Waals surface area contributed by atoms with E-state index in [4.69, 9.17) is 0 Å². The van der Waals surface area contributed by atoms with Gasteiger partial charge in [-0.2, -0.15) is 13.2 Å². The van der Waals surface area contributed by atoms with Crippen LogP contribution in [0.25, 0.3) is 11.4 Å². The summed E-state index contributed by atoms with van der Waals surface area (Å²) in [5, 5.41) is 2.86. The number of fused-ring (bicyclic) bond motifs is 1. The second-order valence-electron chi connectivity index (χ2n) is 9.12. The van der Waals surface area contributed by atoms with Crippen molar-refractivity contribution < 1.29 is 22.8 Å². The van der Waals surface area contributed by atoms with E-state index in [0.717, 1.165) is 42.9 Å². The average Bonchev–Trinajstić information content (AvgIpc) is 3.43. The summed E-state index contributed by atoms with van der Waals surface area (Å²) in [4.78, 5) is 31.2. The first-order chi connectivity index (χ1) is 16.8. The van der Waals surface area contributed by atoms with Gasteiger partial charge in [0.1, 0.15) is 5.82 Å². The number of amides is 2. The number of benzene rings is 2. The molecule has 3 aromatic rings. The number of hydrogen-bond acceptors (Lipinski definition) is 3. The van der Waals surface area contributed by atoms with Crippen molar-refractivity contribution in [3.63, 3.8) is 0 Å². The van der Waals surface area contributed by atoms with Crippen LogP contribution >= 0.6 is 0 Å². The first kappa shape index (κ1) is 23.1. The molecule has 35 heavy (non-hydrogen) atoms. The van der Waals surface area contributed by atoms with Gasteiger partial charge < -0.3 is 14.8 Å². The van der Waals surface area contributed by atoms with Crippen LogP contribution in [0.1, 0.15) is 36.1 Å². The molecular weight excluding hydrogens is 457 g/mol. The van der Waals surface area contributed by atoms with E-state index in [0.29, 0.717) is 11.3 Å². The van der Waals surface area contributed by atoms with Crippen LogP contribution in [0, 0.1) is 5.92 Å². The number of halogens is 3. The van der Waals surface area contributed by atoms with E-state index in [-0.39, 0.29) is 31.3 Å². The van der Waals surface area contributed by atoms with Crippen LogP contribution in [0.3, 0.4) is 0 Å². The number of carbonyl (C=O) groups excluding carboxylic acids is 2. The topological polar surface area (TPSA) is 67.2 Å². The van der Waals surface area contributed by atoms with Crippen molar-refractivity contribution in [1.29, 1.82) is 0 Å². The molecule has 0 aliphatic carbocycles. The van der Waals surface area contributed by atoms with Crippen molar-refractivity contribution in [2.45, 2.75) is 44.9 Å². The van der Waals surface area contributed by atoms with E-state index >= 15 is 0 Å². The maximum Gasteiger partial charge on any atom is 0.416 e. The van der Waals surface area contributed by atoms with Gasteiger partial charge in [0.25, 0.3) is 0 Å². The normalized spacial score (nSPS) is 18.0. The molecule has 3 heterocycles. The van der Waals surface area contributed by atoms with E-state index < -0.39 is 17.7 Å².